The molecule has 1 aromatic rings. The summed E-state index contributed by atoms with van der Waals surface area (Å²) < 4.78 is 2.10. The molecule has 1 rings (SSSR count). The third-order valence-electron chi connectivity index (χ3n) is 3.23. The highest BCUT2D eigenvalue weighted by Crippen LogP contribution is 2.13. The van der Waals surface area contributed by atoms with Crippen molar-refractivity contribution < 1.29 is 0 Å². The van der Waals surface area contributed by atoms with Crippen LogP contribution in [-0.2, 0) is 19.4 Å². The lowest BCUT2D eigenvalue weighted by molar-refractivity contribution is 0.501. The van der Waals surface area contributed by atoms with Crippen LogP contribution in [0.25, 0.3) is 0 Å². The van der Waals surface area contributed by atoms with Crippen LogP contribution in [0.15, 0.2) is 0 Å². The third kappa shape index (κ3) is 4.77. The highest BCUT2D eigenvalue weighted by atomic mass is 15.4. The Labute approximate surface area is 111 Å². The van der Waals surface area contributed by atoms with Crippen molar-refractivity contribution in [3.8, 4) is 0 Å². The second-order valence-electron chi connectivity index (χ2n) is 5.38. The summed E-state index contributed by atoms with van der Waals surface area (Å²) in [7, 11) is 0. The van der Waals surface area contributed by atoms with E-state index in [2.05, 4.69) is 35.8 Å². The van der Waals surface area contributed by atoms with Gasteiger partial charge in [0.25, 0.3) is 0 Å². The zero-order chi connectivity index (χ0) is 13.4. The topological polar surface area (TPSA) is 56.7 Å². The lowest BCUT2D eigenvalue weighted by Gasteiger charge is -2.09. The van der Waals surface area contributed by atoms with E-state index in [1.807, 2.05) is 0 Å². The van der Waals surface area contributed by atoms with Crippen molar-refractivity contribution in [1.82, 2.24) is 15.0 Å². The average molecular weight is 252 g/mol. The van der Waals surface area contributed by atoms with E-state index in [1.54, 1.807) is 0 Å². The van der Waals surface area contributed by atoms with Crippen LogP contribution >= 0.6 is 0 Å². The normalized spacial score (nSPS) is 11.4. The maximum Gasteiger partial charge on any atom is 0.0871 e. The van der Waals surface area contributed by atoms with Crippen molar-refractivity contribution in [1.29, 1.82) is 0 Å². The number of hydrogen-bond acceptors (Lipinski definition) is 3. The summed E-state index contributed by atoms with van der Waals surface area (Å²) in [6, 6.07) is 0. The molecule has 18 heavy (non-hydrogen) atoms. The summed E-state index contributed by atoms with van der Waals surface area (Å²) in [5.74, 6) is 0.717. The largest absolute Gasteiger partial charge is 0.330 e. The molecule has 1 heterocycles. The van der Waals surface area contributed by atoms with Gasteiger partial charge in [-0.2, -0.15) is 0 Å². The molecule has 0 radical (unpaired) electrons. The van der Waals surface area contributed by atoms with Gasteiger partial charge in [0.15, 0.2) is 0 Å². The summed E-state index contributed by atoms with van der Waals surface area (Å²) in [6.45, 7) is 8.39. The van der Waals surface area contributed by atoms with Crippen molar-refractivity contribution in [2.75, 3.05) is 6.54 Å². The number of hydrogen-bond donors (Lipinski definition) is 1. The second-order valence-corrected chi connectivity index (χ2v) is 5.38. The summed E-state index contributed by atoms with van der Waals surface area (Å²) in [5, 5.41) is 8.59. The molecule has 104 valence electrons. The highest BCUT2D eigenvalue weighted by Gasteiger charge is 2.12. The molecule has 0 saturated heterocycles. The van der Waals surface area contributed by atoms with Gasteiger partial charge in [-0.15, -0.1) is 5.10 Å². The summed E-state index contributed by atoms with van der Waals surface area (Å²) in [4.78, 5) is 0. The monoisotopic (exact) mass is 252 g/mol. The first-order chi connectivity index (χ1) is 8.69. The van der Waals surface area contributed by atoms with Gasteiger partial charge in [-0.25, -0.2) is 4.68 Å². The number of nitrogens with two attached hydrogens (primary N) is 1. The lowest BCUT2D eigenvalue weighted by Crippen LogP contribution is -2.10. The molecule has 0 amide bonds. The Hall–Kier alpha value is -0.900. The Morgan fingerprint density at radius 1 is 1.22 bits per heavy atom. The van der Waals surface area contributed by atoms with Crippen LogP contribution in [0.4, 0.5) is 0 Å². The first-order valence-electron chi connectivity index (χ1n) is 7.30. The molecule has 1 aromatic heterocycles. The minimum absolute atomic E-state index is 0.655. The van der Waals surface area contributed by atoms with Crippen molar-refractivity contribution in [3.63, 3.8) is 0 Å². The maximum atomic E-state index is 5.64. The minimum atomic E-state index is 0.655. The quantitative estimate of drug-likeness (QED) is 0.687. The number of nitrogens with zero attached hydrogens (tertiary/aromatic N) is 3. The standard InChI is InChI=1S/C14H28N4/c1-4-5-6-11-18-14(8-7-12(2)3)13(9-10-15)16-17-18/h12H,4-11,15H2,1-3H3. The van der Waals surface area contributed by atoms with Gasteiger partial charge in [0, 0.05) is 13.0 Å². The zero-order valence-electron chi connectivity index (χ0n) is 12.2. The van der Waals surface area contributed by atoms with Crippen LogP contribution < -0.4 is 5.73 Å². The highest BCUT2D eigenvalue weighted by molar-refractivity contribution is 5.11. The van der Waals surface area contributed by atoms with Crippen LogP contribution in [0, 0.1) is 5.92 Å². The smallest absolute Gasteiger partial charge is 0.0871 e. The van der Waals surface area contributed by atoms with Crippen molar-refractivity contribution >= 4 is 0 Å². The lowest BCUT2D eigenvalue weighted by atomic mass is 10.0. The summed E-state index contributed by atoms with van der Waals surface area (Å²) >= 11 is 0. The molecule has 0 unspecified atom stereocenters. The van der Waals surface area contributed by atoms with E-state index >= 15 is 0 Å². The molecule has 0 aliphatic rings. The number of unbranched alkanes of at least 4 members (excludes halogenated alkanes) is 2. The third-order valence-corrected chi connectivity index (χ3v) is 3.23. The molecule has 0 bridgehead atoms. The first-order valence-corrected chi connectivity index (χ1v) is 7.30. The van der Waals surface area contributed by atoms with Gasteiger partial charge >= 0.3 is 0 Å². The van der Waals surface area contributed by atoms with E-state index in [4.69, 9.17) is 5.73 Å². The van der Waals surface area contributed by atoms with Crippen molar-refractivity contribution in [2.24, 2.45) is 11.7 Å². The molecule has 4 heteroatoms. The average Bonchev–Trinajstić information content (AvgIpc) is 2.70. The minimum Gasteiger partial charge on any atom is -0.330 e. The molecule has 0 saturated carbocycles. The second kappa shape index (κ2) is 8.25. The van der Waals surface area contributed by atoms with Gasteiger partial charge in [0.1, 0.15) is 0 Å². The molecule has 0 aliphatic heterocycles. The predicted molar refractivity (Wildman–Crippen MR) is 75.5 cm³/mol. The van der Waals surface area contributed by atoms with E-state index in [0.29, 0.717) is 6.54 Å². The van der Waals surface area contributed by atoms with E-state index in [9.17, 15) is 0 Å². The SMILES string of the molecule is CCCCCn1nnc(CCN)c1CCC(C)C. The van der Waals surface area contributed by atoms with Gasteiger partial charge in [0.2, 0.25) is 0 Å². The van der Waals surface area contributed by atoms with Gasteiger partial charge in [0.05, 0.1) is 11.4 Å². The van der Waals surface area contributed by atoms with Gasteiger partial charge in [-0.3, -0.25) is 0 Å². The molecule has 0 aliphatic carbocycles. The molecule has 2 N–H and O–H groups in total. The molecular formula is C14H28N4. The summed E-state index contributed by atoms with van der Waals surface area (Å²) in [6.07, 6.45) is 6.81. The maximum absolute atomic E-state index is 5.64. The van der Waals surface area contributed by atoms with Crippen molar-refractivity contribution in [3.05, 3.63) is 11.4 Å². The Bertz CT molecular complexity index is 331. The van der Waals surface area contributed by atoms with Crippen LogP contribution in [0.1, 0.15) is 57.8 Å². The van der Waals surface area contributed by atoms with Crippen LogP contribution in [-0.4, -0.2) is 21.5 Å². The van der Waals surface area contributed by atoms with E-state index < -0.39 is 0 Å². The van der Waals surface area contributed by atoms with E-state index in [0.717, 1.165) is 31.0 Å². The van der Waals surface area contributed by atoms with Crippen LogP contribution in [0.2, 0.25) is 0 Å². The molecule has 0 fully saturated rings. The Kier molecular flexibility index (Phi) is 6.94. The molecule has 0 spiro atoms. The fourth-order valence-electron chi connectivity index (χ4n) is 2.09. The summed E-state index contributed by atoms with van der Waals surface area (Å²) in [5.41, 5.74) is 8.06. The fourth-order valence-corrected chi connectivity index (χ4v) is 2.09. The van der Waals surface area contributed by atoms with Gasteiger partial charge in [-0.1, -0.05) is 38.8 Å². The molecular weight excluding hydrogens is 224 g/mol. The van der Waals surface area contributed by atoms with Gasteiger partial charge in [-0.05, 0) is 31.7 Å². The number of aromatic nitrogens is 3. The fraction of sp³-hybridized carbons (Fsp3) is 0.857. The van der Waals surface area contributed by atoms with Gasteiger partial charge < -0.3 is 5.73 Å². The Morgan fingerprint density at radius 3 is 2.61 bits per heavy atom. The predicted octanol–water partition coefficient (Wildman–Crippen LogP) is 2.56. The molecule has 0 aromatic carbocycles. The Morgan fingerprint density at radius 2 is 2.00 bits per heavy atom. The molecule has 4 nitrogen and oxygen atoms in total. The number of aryl methyl sites for hydroxylation is 1. The van der Waals surface area contributed by atoms with E-state index in [1.165, 1.54) is 31.4 Å². The molecule has 0 atom stereocenters. The zero-order valence-corrected chi connectivity index (χ0v) is 12.2. The Balaban J connectivity index is 2.68. The first kappa shape index (κ1) is 15.2. The van der Waals surface area contributed by atoms with Crippen molar-refractivity contribution in [2.45, 2.75) is 65.8 Å². The van der Waals surface area contributed by atoms with Crippen LogP contribution in [0.5, 0.6) is 0 Å². The number of rotatable bonds is 9. The van der Waals surface area contributed by atoms with Crippen LogP contribution in [0.3, 0.4) is 0 Å². The van der Waals surface area contributed by atoms with E-state index in [-0.39, 0.29) is 0 Å².